The molecule has 17 heavy (non-hydrogen) atoms. The molecule has 0 aliphatic carbocycles. The molecule has 2 aliphatic heterocycles. The molecule has 94 valence electrons. The van der Waals surface area contributed by atoms with Crippen molar-refractivity contribution >= 4 is 29.6 Å². The number of carboxylic acid groups (broad SMARTS) is 1. The molecule has 6 nitrogen and oxygen atoms in total. The number of hydrogen-bond acceptors (Lipinski definition) is 5. The predicted molar refractivity (Wildman–Crippen MR) is 65.1 cm³/mol. The summed E-state index contributed by atoms with van der Waals surface area (Å²) in [4.78, 5) is 28.6. The first-order chi connectivity index (χ1) is 8.16. The number of nitrogens with one attached hydrogen (secondary N) is 1. The van der Waals surface area contributed by atoms with E-state index in [1.165, 1.54) is 0 Å². The summed E-state index contributed by atoms with van der Waals surface area (Å²) in [5.74, 6) is 0.960. The van der Waals surface area contributed by atoms with Gasteiger partial charge in [-0.15, -0.1) is 0 Å². The summed E-state index contributed by atoms with van der Waals surface area (Å²) in [6.07, 6.45) is -0.154. The van der Waals surface area contributed by atoms with Crippen LogP contribution in [-0.4, -0.2) is 59.0 Å². The van der Waals surface area contributed by atoms with Crippen LogP contribution in [0.25, 0.3) is 0 Å². The Morgan fingerprint density at radius 1 is 1.53 bits per heavy atom. The van der Waals surface area contributed by atoms with E-state index < -0.39 is 11.9 Å². The van der Waals surface area contributed by atoms with Gasteiger partial charge in [-0.05, 0) is 0 Å². The van der Waals surface area contributed by atoms with Crippen LogP contribution in [0.1, 0.15) is 6.42 Å². The minimum atomic E-state index is -0.960. The second-order valence-electron chi connectivity index (χ2n) is 4.05. The van der Waals surface area contributed by atoms with Gasteiger partial charge in [0.25, 0.3) is 0 Å². The minimum absolute atomic E-state index is 0.154. The highest BCUT2D eigenvalue weighted by molar-refractivity contribution is 7.99. The zero-order chi connectivity index (χ0) is 12.3. The van der Waals surface area contributed by atoms with Crippen LogP contribution in [0.2, 0.25) is 0 Å². The van der Waals surface area contributed by atoms with Crippen molar-refractivity contribution in [3.63, 3.8) is 0 Å². The molecule has 1 atom stereocenters. The molecule has 0 spiro atoms. The average molecular weight is 257 g/mol. The van der Waals surface area contributed by atoms with Crippen molar-refractivity contribution in [1.82, 2.24) is 10.2 Å². The molecular weight excluding hydrogens is 242 g/mol. The van der Waals surface area contributed by atoms with Crippen LogP contribution in [0.3, 0.4) is 0 Å². The summed E-state index contributed by atoms with van der Waals surface area (Å²) >= 11 is 1.89. The number of rotatable bonds is 2. The number of guanidine groups is 1. The van der Waals surface area contributed by atoms with Crippen LogP contribution < -0.4 is 5.32 Å². The van der Waals surface area contributed by atoms with Crippen molar-refractivity contribution in [1.29, 1.82) is 0 Å². The SMILES string of the molecule is O=C(O)C[C@@H]1CN=C(N2CCSCC2)NC1=O. The minimum Gasteiger partial charge on any atom is -0.481 e. The van der Waals surface area contributed by atoms with Crippen LogP contribution in [0.4, 0.5) is 0 Å². The third kappa shape index (κ3) is 3.12. The number of aliphatic carboxylic acids is 1. The summed E-state index contributed by atoms with van der Waals surface area (Å²) < 4.78 is 0. The first-order valence-corrected chi connectivity index (χ1v) is 6.72. The number of carbonyl (C=O) groups is 2. The van der Waals surface area contributed by atoms with Crippen molar-refractivity contribution < 1.29 is 14.7 Å². The van der Waals surface area contributed by atoms with Crippen molar-refractivity contribution in [2.45, 2.75) is 6.42 Å². The van der Waals surface area contributed by atoms with E-state index in [0.29, 0.717) is 5.96 Å². The van der Waals surface area contributed by atoms with Crippen molar-refractivity contribution in [3.8, 4) is 0 Å². The fourth-order valence-corrected chi connectivity index (χ4v) is 2.76. The van der Waals surface area contributed by atoms with Crippen LogP contribution >= 0.6 is 11.8 Å². The summed E-state index contributed by atoms with van der Waals surface area (Å²) in [6, 6.07) is 0. The van der Waals surface area contributed by atoms with Gasteiger partial charge in [0.15, 0.2) is 0 Å². The topological polar surface area (TPSA) is 82.0 Å². The van der Waals surface area contributed by atoms with Crippen LogP contribution in [0.5, 0.6) is 0 Å². The second-order valence-corrected chi connectivity index (χ2v) is 5.27. The van der Waals surface area contributed by atoms with Gasteiger partial charge in [-0.1, -0.05) is 0 Å². The summed E-state index contributed by atoms with van der Waals surface area (Å²) in [7, 11) is 0. The van der Waals surface area contributed by atoms with Gasteiger partial charge >= 0.3 is 5.97 Å². The van der Waals surface area contributed by atoms with E-state index in [4.69, 9.17) is 5.11 Å². The molecule has 0 aromatic carbocycles. The van der Waals surface area contributed by atoms with Crippen LogP contribution in [0, 0.1) is 5.92 Å². The van der Waals surface area contributed by atoms with Crippen molar-refractivity contribution in [2.24, 2.45) is 10.9 Å². The van der Waals surface area contributed by atoms with E-state index >= 15 is 0 Å². The molecule has 2 aliphatic rings. The Balaban J connectivity index is 1.96. The molecule has 1 saturated heterocycles. The maximum absolute atomic E-state index is 11.7. The van der Waals surface area contributed by atoms with Crippen LogP contribution in [0.15, 0.2) is 4.99 Å². The average Bonchev–Trinajstić information content (AvgIpc) is 2.32. The smallest absolute Gasteiger partial charge is 0.304 e. The standard InChI is InChI=1S/C10H15N3O3S/c14-8(15)5-7-6-11-10(12-9(7)16)13-1-3-17-4-2-13/h7H,1-6H2,(H,14,15)(H,11,12,16)/t7-/m1/s1. The molecule has 2 N–H and O–H groups in total. The molecule has 0 bridgehead atoms. The number of aliphatic imine (C=N–C) groups is 1. The molecule has 1 fully saturated rings. The highest BCUT2D eigenvalue weighted by Crippen LogP contribution is 2.13. The summed E-state index contributed by atoms with van der Waals surface area (Å²) in [6.45, 7) is 2.04. The fraction of sp³-hybridized carbons (Fsp3) is 0.700. The van der Waals surface area contributed by atoms with Gasteiger partial charge in [-0.3, -0.25) is 19.9 Å². The number of nitrogens with zero attached hydrogens (tertiary/aromatic N) is 2. The predicted octanol–water partition coefficient (Wildman–Crippen LogP) is -0.388. The zero-order valence-corrected chi connectivity index (χ0v) is 10.2. The molecule has 7 heteroatoms. The lowest BCUT2D eigenvalue weighted by Crippen LogP contribution is -2.52. The molecule has 1 amide bonds. The second kappa shape index (κ2) is 5.39. The van der Waals surface area contributed by atoms with Gasteiger partial charge in [0, 0.05) is 24.6 Å². The summed E-state index contributed by atoms with van der Waals surface area (Å²) in [5.41, 5.74) is 0. The van der Waals surface area contributed by atoms with E-state index in [1.807, 2.05) is 16.7 Å². The first kappa shape index (κ1) is 12.2. The van der Waals surface area contributed by atoms with Gasteiger partial charge in [-0.25, -0.2) is 0 Å². The molecular formula is C10H15N3O3S. The Bertz CT molecular complexity index is 353. The van der Waals surface area contributed by atoms with E-state index in [-0.39, 0.29) is 18.9 Å². The number of hydrogen-bond donors (Lipinski definition) is 2. The van der Waals surface area contributed by atoms with E-state index in [9.17, 15) is 9.59 Å². The number of thioether (sulfide) groups is 1. The van der Waals surface area contributed by atoms with Gasteiger partial charge in [0.05, 0.1) is 18.9 Å². The third-order valence-electron chi connectivity index (χ3n) is 2.80. The molecule has 0 unspecified atom stereocenters. The van der Waals surface area contributed by atoms with E-state index in [2.05, 4.69) is 10.3 Å². The Kier molecular flexibility index (Phi) is 3.88. The van der Waals surface area contributed by atoms with Crippen LogP contribution in [-0.2, 0) is 9.59 Å². The van der Waals surface area contributed by atoms with Crippen molar-refractivity contribution in [3.05, 3.63) is 0 Å². The number of amides is 1. The maximum atomic E-state index is 11.7. The van der Waals surface area contributed by atoms with Gasteiger partial charge < -0.3 is 10.0 Å². The zero-order valence-electron chi connectivity index (χ0n) is 9.39. The molecule has 0 saturated carbocycles. The Labute approximate surface area is 103 Å². The number of carbonyl (C=O) groups excluding carboxylic acids is 1. The summed E-state index contributed by atoms with van der Waals surface area (Å²) in [5, 5.41) is 11.4. The third-order valence-corrected chi connectivity index (χ3v) is 3.74. The van der Waals surface area contributed by atoms with E-state index in [0.717, 1.165) is 24.6 Å². The monoisotopic (exact) mass is 257 g/mol. The highest BCUT2D eigenvalue weighted by Gasteiger charge is 2.28. The lowest BCUT2D eigenvalue weighted by molar-refractivity contribution is -0.140. The quantitative estimate of drug-likeness (QED) is 0.704. The molecule has 0 radical (unpaired) electrons. The van der Waals surface area contributed by atoms with Gasteiger partial charge in [-0.2, -0.15) is 11.8 Å². The Morgan fingerprint density at radius 2 is 2.24 bits per heavy atom. The molecule has 2 rings (SSSR count). The van der Waals surface area contributed by atoms with Gasteiger partial charge in [0.2, 0.25) is 11.9 Å². The Hall–Kier alpha value is -1.24. The van der Waals surface area contributed by atoms with Gasteiger partial charge in [0.1, 0.15) is 0 Å². The largest absolute Gasteiger partial charge is 0.481 e. The van der Waals surface area contributed by atoms with Crippen molar-refractivity contribution in [2.75, 3.05) is 31.1 Å². The molecule has 0 aromatic rings. The fourth-order valence-electron chi connectivity index (χ4n) is 1.85. The maximum Gasteiger partial charge on any atom is 0.304 e. The normalized spacial score (nSPS) is 25.2. The number of carboxylic acids is 1. The first-order valence-electron chi connectivity index (χ1n) is 5.56. The lowest BCUT2D eigenvalue weighted by Gasteiger charge is -2.32. The molecule has 2 heterocycles. The Morgan fingerprint density at radius 3 is 2.82 bits per heavy atom. The lowest BCUT2D eigenvalue weighted by atomic mass is 10.0. The highest BCUT2D eigenvalue weighted by atomic mass is 32.2. The molecule has 0 aromatic heterocycles. The van der Waals surface area contributed by atoms with E-state index in [1.54, 1.807) is 0 Å².